The summed E-state index contributed by atoms with van der Waals surface area (Å²) in [5.74, 6) is 1.96. The Bertz CT molecular complexity index is 189. The van der Waals surface area contributed by atoms with E-state index in [0.717, 1.165) is 19.3 Å². The lowest BCUT2D eigenvalue weighted by atomic mass is 9.89. The molecule has 16 heavy (non-hydrogen) atoms. The molecule has 0 aliphatic carbocycles. The summed E-state index contributed by atoms with van der Waals surface area (Å²) >= 11 is 0. The van der Waals surface area contributed by atoms with Crippen molar-refractivity contribution in [2.24, 2.45) is 23.5 Å². The van der Waals surface area contributed by atoms with Gasteiger partial charge in [0.05, 0.1) is 0 Å². The van der Waals surface area contributed by atoms with Gasteiger partial charge in [0.15, 0.2) is 0 Å². The van der Waals surface area contributed by atoms with Crippen molar-refractivity contribution in [1.29, 1.82) is 0 Å². The molecule has 2 atom stereocenters. The first-order chi connectivity index (χ1) is 7.49. The van der Waals surface area contributed by atoms with Crippen LogP contribution in [0.3, 0.4) is 0 Å². The third kappa shape index (κ3) is 7.86. The monoisotopic (exact) mass is 227 g/mol. The summed E-state index contributed by atoms with van der Waals surface area (Å²) in [4.78, 5) is 11.8. The second kappa shape index (κ2) is 8.74. The highest BCUT2D eigenvalue weighted by atomic mass is 16.1. The molecule has 0 heterocycles. The van der Waals surface area contributed by atoms with Crippen LogP contribution in [-0.4, -0.2) is 12.3 Å². The average Bonchev–Trinajstić information content (AvgIpc) is 2.15. The fourth-order valence-corrected chi connectivity index (χ4v) is 2.32. The minimum Gasteiger partial charge on any atom is -0.330 e. The van der Waals surface area contributed by atoms with Gasteiger partial charge in [0, 0.05) is 12.8 Å². The number of carbonyl (C=O) groups is 1. The second-order valence-corrected chi connectivity index (χ2v) is 5.57. The van der Waals surface area contributed by atoms with Crippen molar-refractivity contribution < 1.29 is 4.79 Å². The van der Waals surface area contributed by atoms with Crippen molar-refractivity contribution in [2.75, 3.05) is 6.54 Å². The molecule has 0 aromatic carbocycles. The predicted molar refractivity (Wildman–Crippen MR) is 70.3 cm³/mol. The van der Waals surface area contributed by atoms with E-state index in [0.29, 0.717) is 36.5 Å². The maximum atomic E-state index is 11.8. The van der Waals surface area contributed by atoms with Crippen LogP contribution >= 0.6 is 0 Å². The Morgan fingerprint density at radius 3 is 2.25 bits per heavy atom. The predicted octanol–water partition coefficient (Wildman–Crippen LogP) is 3.39. The zero-order chi connectivity index (χ0) is 12.6. The van der Waals surface area contributed by atoms with Crippen molar-refractivity contribution in [1.82, 2.24) is 0 Å². The molecular formula is C14H29NO. The number of nitrogens with two attached hydrogens (primary N) is 1. The van der Waals surface area contributed by atoms with Crippen LogP contribution in [0.5, 0.6) is 0 Å². The second-order valence-electron chi connectivity index (χ2n) is 5.57. The molecule has 0 saturated heterocycles. The van der Waals surface area contributed by atoms with Crippen molar-refractivity contribution in [3.63, 3.8) is 0 Å². The van der Waals surface area contributed by atoms with E-state index in [9.17, 15) is 4.79 Å². The van der Waals surface area contributed by atoms with E-state index in [1.807, 2.05) is 0 Å². The third-order valence-electron chi connectivity index (χ3n) is 3.01. The minimum atomic E-state index is 0.390. The Hall–Kier alpha value is -0.370. The van der Waals surface area contributed by atoms with Crippen molar-refractivity contribution in [2.45, 2.75) is 59.8 Å². The molecular weight excluding hydrogens is 198 g/mol. The van der Waals surface area contributed by atoms with Crippen LogP contribution in [0.4, 0.5) is 0 Å². The molecule has 2 N–H and O–H groups in total. The van der Waals surface area contributed by atoms with E-state index in [4.69, 9.17) is 5.73 Å². The fraction of sp³-hybridized carbons (Fsp3) is 0.929. The van der Waals surface area contributed by atoms with Crippen molar-refractivity contribution in [3.8, 4) is 0 Å². The summed E-state index contributed by atoms with van der Waals surface area (Å²) in [6.07, 6.45) is 4.82. The zero-order valence-corrected chi connectivity index (χ0v) is 11.5. The maximum Gasteiger partial charge on any atom is 0.133 e. The van der Waals surface area contributed by atoms with Crippen LogP contribution in [0.2, 0.25) is 0 Å². The van der Waals surface area contributed by atoms with Crippen LogP contribution in [-0.2, 0) is 4.79 Å². The SMILES string of the molecule is CCCC(C)CC(=O)CC(CN)CC(C)C. The first-order valence-corrected chi connectivity index (χ1v) is 6.71. The summed E-state index contributed by atoms with van der Waals surface area (Å²) < 4.78 is 0. The van der Waals surface area contributed by atoms with E-state index in [2.05, 4.69) is 27.7 Å². The van der Waals surface area contributed by atoms with Crippen LogP contribution in [0, 0.1) is 17.8 Å². The largest absolute Gasteiger partial charge is 0.330 e. The molecule has 0 aromatic heterocycles. The van der Waals surface area contributed by atoms with Gasteiger partial charge >= 0.3 is 0 Å². The molecule has 0 amide bonds. The highest BCUT2D eigenvalue weighted by molar-refractivity contribution is 5.78. The fourth-order valence-electron chi connectivity index (χ4n) is 2.32. The van der Waals surface area contributed by atoms with E-state index in [1.165, 1.54) is 6.42 Å². The summed E-state index contributed by atoms with van der Waals surface area (Å²) in [6, 6.07) is 0. The van der Waals surface area contributed by atoms with E-state index in [-0.39, 0.29) is 0 Å². The van der Waals surface area contributed by atoms with E-state index in [1.54, 1.807) is 0 Å². The Morgan fingerprint density at radius 2 is 1.81 bits per heavy atom. The molecule has 0 spiro atoms. The van der Waals surface area contributed by atoms with Crippen LogP contribution in [0.15, 0.2) is 0 Å². The highest BCUT2D eigenvalue weighted by Gasteiger charge is 2.15. The quantitative estimate of drug-likeness (QED) is 0.656. The normalized spacial score (nSPS) is 15.1. The minimum absolute atomic E-state index is 0.390. The highest BCUT2D eigenvalue weighted by Crippen LogP contribution is 2.18. The topological polar surface area (TPSA) is 43.1 Å². The molecule has 0 aromatic rings. The number of ketones is 1. The van der Waals surface area contributed by atoms with E-state index >= 15 is 0 Å². The lowest BCUT2D eigenvalue weighted by Crippen LogP contribution is -2.20. The van der Waals surface area contributed by atoms with E-state index < -0.39 is 0 Å². The summed E-state index contributed by atoms with van der Waals surface area (Å²) in [7, 11) is 0. The van der Waals surface area contributed by atoms with Gasteiger partial charge in [-0.25, -0.2) is 0 Å². The molecule has 0 fully saturated rings. The first kappa shape index (κ1) is 15.6. The molecule has 0 saturated carbocycles. The molecule has 0 aliphatic rings. The smallest absolute Gasteiger partial charge is 0.133 e. The van der Waals surface area contributed by atoms with Gasteiger partial charge in [-0.05, 0) is 30.7 Å². The Morgan fingerprint density at radius 1 is 1.19 bits per heavy atom. The standard InChI is InChI=1S/C14H29NO/c1-5-6-12(4)8-14(16)9-13(10-15)7-11(2)3/h11-13H,5-10,15H2,1-4H3. The van der Waals surface area contributed by atoms with Gasteiger partial charge in [-0.3, -0.25) is 4.79 Å². The first-order valence-electron chi connectivity index (χ1n) is 6.71. The number of rotatable bonds is 9. The molecule has 2 heteroatoms. The Labute approximate surface area is 101 Å². The van der Waals surface area contributed by atoms with Gasteiger partial charge in [-0.1, -0.05) is 40.5 Å². The number of carbonyl (C=O) groups excluding carboxylic acids is 1. The van der Waals surface area contributed by atoms with Gasteiger partial charge in [-0.2, -0.15) is 0 Å². The van der Waals surface area contributed by atoms with Crippen LogP contribution < -0.4 is 5.73 Å². The molecule has 2 unspecified atom stereocenters. The van der Waals surface area contributed by atoms with Gasteiger partial charge < -0.3 is 5.73 Å². The number of hydrogen-bond acceptors (Lipinski definition) is 2. The Kier molecular flexibility index (Phi) is 8.54. The third-order valence-corrected chi connectivity index (χ3v) is 3.01. The van der Waals surface area contributed by atoms with Crippen molar-refractivity contribution in [3.05, 3.63) is 0 Å². The summed E-state index contributed by atoms with van der Waals surface area (Å²) in [5, 5.41) is 0. The van der Waals surface area contributed by atoms with Crippen LogP contribution in [0.1, 0.15) is 59.8 Å². The molecule has 0 bridgehead atoms. The number of hydrogen-bond donors (Lipinski definition) is 1. The zero-order valence-electron chi connectivity index (χ0n) is 11.5. The molecule has 2 nitrogen and oxygen atoms in total. The molecule has 0 rings (SSSR count). The molecule has 0 aliphatic heterocycles. The lowest BCUT2D eigenvalue weighted by molar-refractivity contribution is -0.120. The summed E-state index contributed by atoms with van der Waals surface area (Å²) in [6.45, 7) is 9.36. The lowest BCUT2D eigenvalue weighted by Gasteiger charge is -2.17. The molecule has 0 radical (unpaired) electrons. The van der Waals surface area contributed by atoms with Crippen LogP contribution in [0.25, 0.3) is 0 Å². The average molecular weight is 227 g/mol. The Balaban J connectivity index is 3.91. The van der Waals surface area contributed by atoms with Gasteiger partial charge in [0.2, 0.25) is 0 Å². The van der Waals surface area contributed by atoms with Gasteiger partial charge in [0.1, 0.15) is 5.78 Å². The summed E-state index contributed by atoms with van der Waals surface area (Å²) in [5.41, 5.74) is 5.71. The molecule has 96 valence electrons. The van der Waals surface area contributed by atoms with Crippen molar-refractivity contribution >= 4 is 5.78 Å². The van der Waals surface area contributed by atoms with Gasteiger partial charge in [0.25, 0.3) is 0 Å². The van der Waals surface area contributed by atoms with Gasteiger partial charge in [-0.15, -0.1) is 0 Å². The maximum absolute atomic E-state index is 11.8. The number of Topliss-reactive ketones (excluding diaryl/α,β-unsaturated/α-hetero) is 1.